The van der Waals surface area contributed by atoms with E-state index in [9.17, 15) is 4.79 Å². The Labute approximate surface area is 132 Å². The van der Waals surface area contributed by atoms with Crippen LogP contribution in [0.1, 0.15) is 50.0 Å². The topological polar surface area (TPSA) is 56.1 Å². The number of amides is 1. The second-order valence-electron chi connectivity index (χ2n) is 6.60. The fourth-order valence-corrected chi connectivity index (χ4v) is 3.75. The summed E-state index contributed by atoms with van der Waals surface area (Å²) < 4.78 is 7.75. The van der Waals surface area contributed by atoms with Crippen LogP contribution in [0, 0.1) is 5.92 Å². The number of imidazole rings is 1. The lowest BCUT2D eigenvalue weighted by molar-refractivity contribution is -0.121. The van der Waals surface area contributed by atoms with Crippen molar-refractivity contribution in [3.05, 3.63) is 17.7 Å². The van der Waals surface area contributed by atoms with E-state index in [-0.39, 0.29) is 5.91 Å². The molecule has 0 aromatic carbocycles. The third-order valence-electron chi connectivity index (χ3n) is 5.00. The van der Waals surface area contributed by atoms with Crippen molar-refractivity contribution in [2.45, 2.75) is 64.0 Å². The molecule has 2 heterocycles. The van der Waals surface area contributed by atoms with E-state index >= 15 is 0 Å². The molecule has 0 unspecified atom stereocenters. The van der Waals surface area contributed by atoms with Crippen molar-refractivity contribution >= 4 is 5.91 Å². The summed E-state index contributed by atoms with van der Waals surface area (Å²) in [4.78, 5) is 16.8. The molecule has 1 N–H and O–H groups in total. The molecule has 3 rings (SSSR count). The molecule has 1 aromatic rings. The Kier molecular flexibility index (Phi) is 5.13. The predicted molar refractivity (Wildman–Crippen MR) is 84.6 cm³/mol. The van der Waals surface area contributed by atoms with E-state index in [1.807, 2.05) is 6.20 Å². The van der Waals surface area contributed by atoms with Crippen LogP contribution < -0.4 is 5.32 Å². The second kappa shape index (κ2) is 7.27. The second-order valence-corrected chi connectivity index (χ2v) is 6.60. The molecule has 1 saturated carbocycles. The summed E-state index contributed by atoms with van der Waals surface area (Å²) in [5.41, 5.74) is 0.904. The van der Waals surface area contributed by atoms with Crippen LogP contribution in [0.3, 0.4) is 0 Å². The van der Waals surface area contributed by atoms with Crippen LogP contribution in [0.2, 0.25) is 0 Å². The van der Waals surface area contributed by atoms with E-state index in [4.69, 9.17) is 4.74 Å². The van der Waals surface area contributed by atoms with Crippen LogP contribution >= 0.6 is 0 Å². The number of aryl methyl sites for hydroxylation is 2. The van der Waals surface area contributed by atoms with Gasteiger partial charge in [0.25, 0.3) is 0 Å². The summed E-state index contributed by atoms with van der Waals surface area (Å²) in [6, 6.07) is 0. The molecule has 1 amide bonds. The van der Waals surface area contributed by atoms with E-state index < -0.39 is 0 Å². The number of hydrogen-bond donors (Lipinski definition) is 1. The zero-order valence-corrected chi connectivity index (χ0v) is 13.5. The van der Waals surface area contributed by atoms with Gasteiger partial charge in [0.1, 0.15) is 5.82 Å². The Morgan fingerprint density at radius 2 is 2.23 bits per heavy atom. The van der Waals surface area contributed by atoms with Gasteiger partial charge >= 0.3 is 0 Å². The monoisotopic (exact) mass is 305 g/mol. The van der Waals surface area contributed by atoms with Gasteiger partial charge in [0, 0.05) is 38.7 Å². The molecule has 1 aliphatic carbocycles. The van der Waals surface area contributed by atoms with E-state index in [2.05, 4.69) is 14.9 Å². The van der Waals surface area contributed by atoms with Crippen molar-refractivity contribution in [3.8, 4) is 0 Å². The summed E-state index contributed by atoms with van der Waals surface area (Å²) in [7, 11) is 1.78. The van der Waals surface area contributed by atoms with Crippen molar-refractivity contribution in [2.24, 2.45) is 5.92 Å². The lowest BCUT2D eigenvalue weighted by Crippen LogP contribution is -2.38. The number of ether oxygens (including phenoxy) is 1. The number of rotatable bonds is 5. The number of carbonyl (C=O) groups is 1. The number of nitrogens with one attached hydrogen (secondary N) is 1. The average Bonchev–Trinajstić information content (AvgIpc) is 2.95. The quantitative estimate of drug-likeness (QED) is 0.906. The van der Waals surface area contributed by atoms with Crippen molar-refractivity contribution < 1.29 is 9.53 Å². The Bertz CT molecular complexity index is 489. The minimum Gasteiger partial charge on any atom is -0.381 e. The number of aromatic nitrogens is 2. The molecule has 0 radical (unpaired) electrons. The number of hydrogen-bond acceptors (Lipinski definition) is 3. The third-order valence-corrected chi connectivity index (χ3v) is 5.00. The molecule has 122 valence electrons. The largest absolute Gasteiger partial charge is 0.381 e. The molecular weight excluding hydrogens is 278 g/mol. The number of nitrogens with zero attached hydrogens (tertiary/aromatic N) is 2. The molecule has 5 heteroatoms. The van der Waals surface area contributed by atoms with Gasteiger partial charge in [0.05, 0.1) is 18.2 Å². The number of fused-ring (bicyclic) bond motifs is 1. The number of methoxy groups -OCH3 is 1. The van der Waals surface area contributed by atoms with Gasteiger partial charge in [0.15, 0.2) is 0 Å². The molecule has 1 aliphatic heterocycles. The van der Waals surface area contributed by atoms with Gasteiger partial charge in [-0.1, -0.05) is 12.8 Å². The van der Waals surface area contributed by atoms with Gasteiger partial charge in [-0.2, -0.15) is 0 Å². The molecule has 1 aromatic heterocycles. The van der Waals surface area contributed by atoms with E-state index in [0.717, 1.165) is 43.9 Å². The van der Waals surface area contributed by atoms with Crippen LogP contribution in [0.25, 0.3) is 0 Å². The van der Waals surface area contributed by atoms with Gasteiger partial charge in [-0.25, -0.2) is 4.98 Å². The first kappa shape index (κ1) is 15.5. The fraction of sp³-hybridized carbons (Fsp3) is 0.765. The van der Waals surface area contributed by atoms with Crippen LogP contribution in [0.5, 0.6) is 0 Å². The maximum atomic E-state index is 12.2. The maximum absolute atomic E-state index is 12.2. The van der Waals surface area contributed by atoms with Gasteiger partial charge in [-0.15, -0.1) is 0 Å². The van der Waals surface area contributed by atoms with Crippen LogP contribution in [-0.4, -0.2) is 35.2 Å². The Morgan fingerprint density at radius 3 is 3.05 bits per heavy atom. The summed E-state index contributed by atoms with van der Waals surface area (Å²) in [5, 5.41) is 3.08. The molecular formula is C17H27N3O2. The van der Waals surface area contributed by atoms with Gasteiger partial charge in [0.2, 0.25) is 5.91 Å². The van der Waals surface area contributed by atoms with E-state index in [1.165, 1.54) is 25.7 Å². The van der Waals surface area contributed by atoms with Gasteiger partial charge in [-0.3, -0.25) is 4.79 Å². The molecule has 2 atom stereocenters. The lowest BCUT2D eigenvalue weighted by atomic mass is 9.86. The fourth-order valence-electron chi connectivity index (χ4n) is 3.75. The molecule has 0 saturated heterocycles. The first-order chi connectivity index (χ1) is 10.8. The molecule has 5 nitrogen and oxygen atoms in total. The zero-order valence-electron chi connectivity index (χ0n) is 13.5. The van der Waals surface area contributed by atoms with Crippen molar-refractivity contribution in [2.75, 3.05) is 13.7 Å². The zero-order chi connectivity index (χ0) is 15.4. The van der Waals surface area contributed by atoms with E-state index in [0.29, 0.717) is 18.4 Å². The SMILES string of the molecule is CO[C@@H]1CCCC[C@H]1CNC(=O)Cc1cn2c(n1)CCCC2. The van der Waals surface area contributed by atoms with E-state index in [1.54, 1.807) is 7.11 Å². The Hall–Kier alpha value is -1.36. The summed E-state index contributed by atoms with van der Waals surface area (Å²) >= 11 is 0. The van der Waals surface area contributed by atoms with Crippen LogP contribution in [0.4, 0.5) is 0 Å². The molecule has 22 heavy (non-hydrogen) atoms. The van der Waals surface area contributed by atoms with Crippen LogP contribution in [-0.2, 0) is 28.9 Å². The highest BCUT2D eigenvalue weighted by Crippen LogP contribution is 2.25. The van der Waals surface area contributed by atoms with Gasteiger partial charge in [-0.05, 0) is 25.7 Å². The minimum atomic E-state index is 0.0795. The summed E-state index contributed by atoms with van der Waals surface area (Å²) in [5.74, 6) is 1.68. The first-order valence-electron chi connectivity index (χ1n) is 8.60. The smallest absolute Gasteiger partial charge is 0.226 e. The van der Waals surface area contributed by atoms with Crippen molar-refractivity contribution in [3.63, 3.8) is 0 Å². The number of carbonyl (C=O) groups excluding carboxylic acids is 1. The maximum Gasteiger partial charge on any atom is 0.226 e. The minimum absolute atomic E-state index is 0.0795. The van der Waals surface area contributed by atoms with Crippen LogP contribution in [0.15, 0.2) is 6.20 Å². The predicted octanol–water partition coefficient (Wildman–Crippen LogP) is 2.08. The average molecular weight is 305 g/mol. The molecule has 1 fully saturated rings. The first-order valence-corrected chi connectivity index (χ1v) is 8.60. The summed E-state index contributed by atoms with van der Waals surface area (Å²) in [6.45, 7) is 1.77. The van der Waals surface area contributed by atoms with Crippen molar-refractivity contribution in [1.82, 2.24) is 14.9 Å². The Morgan fingerprint density at radius 1 is 1.36 bits per heavy atom. The molecule has 2 aliphatic rings. The highest BCUT2D eigenvalue weighted by Gasteiger charge is 2.25. The van der Waals surface area contributed by atoms with Crippen molar-refractivity contribution in [1.29, 1.82) is 0 Å². The third kappa shape index (κ3) is 3.69. The Balaban J connectivity index is 1.48. The summed E-state index contributed by atoms with van der Waals surface area (Å²) in [6.07, 6.45) is 11.0. The standard InChI is InChI=1S/C17H27N3O2/c1-22-15-7-3-2-6-13(15)11-18-17(21)10-14-12-20-9-5-4-8-16(20)19-14/h12-13,15H,2-11H2,1H3,(H,18,21)/t13-,15+/m0/s1. The highest BCUT2D eigenvalue weighted by molar-refractivity contribution is 5.78. The molecule has 0 bridgehead atoms. The lowest BCUT2D eigenvalue weighted by Gasteiger charge is -2.30. The van der Waals surface area contributed by atoms with Gasteiger partial charge < -0.3 is 14.6 Å². The highest BCUT2D eigenvalue weighted by atomic mass is 16.5. The normalized spacial score (nSPS) is 24.8. The molecule has 0 spiro atoms.